The summed E-state index contributed by atoms with van der Waals surface area (Å²) in [5.74, 6) is -0.299. The number of para-hydroxylation sites is 1. The molecule has 0 fully saturated rings. The lowest BCUT2D eigenvalue weighted by Gasteiger charge is -2.33. The third-order valence-corrected chi connectivity index (χ3v) is 8.75. The maximum atomic E-state index is 14.3. The van der Waals surface area contributed by atoms with Gasteiger partial charge in [0.2, 0.25) is 11.8 Å². The maximum absolute atomic E-state index is 14.3. The third kappa shape index (κ3) is 7.52. The number of likely N-dealkylation sites (N-methyl/N-ethyl adjacent to an activating group) is 1. The van der Waals surface area contributed by atoms with Crippen LogP contribution in [0.1, 0.15) is 11.1 Å². The molecule has 0 saturated carbocycles. The van der Waals surface area contributed by atoms with Gasteiger partial charge in [0.25, 0.3) is 10.0 Å². The van der Waals surface area contributed by atoms with Crippen molar-refractivity contribution in [1.29, 1.82) is 0 Å². The monoisotopic (exact) mass is 601 g/mol. The van der Waals surface area contributed by atoms with Gasteiger partial charge in [0.05, 0.1) is 24.8 Å². The Morgan fingerprint density at radius 2 is 1.33 bits per heavy atom. The Hall–Kier alpha value is -4.83. The summed E-state index contributed by atoms with van der Waals surface area (Å²) in [4.78, 5) is 28.9. The highest BCUT2D eigenvalue weighted by molar-refractivity contribution is 7.92. The highest BCUT2D eigenvalue weighted by atomic mass is 32.2. The van der Waals surface area contributed by atoms with Crippen LogP contribution in [0.15, 0.2) is 114 Å². The number of hydrogen-bond donors (Lipinski definition) is 1. The van der Waals surface area contributed by atoms with E-state index in [1.165, 1.54) is 44.4 Å². The van der Waals surface area contributed by atoms with Crippen molar-refractivity contribution in [3.63, 3.8) is 0 Å². The number of rotatable bonds is 13. The second-order valence-corrected chi connectivity index (χ2v) is 11.6. The number of methoxy groups -OCH3 is 2. The summed E-state index contributed by atoms with van der Waals surface area (Å²) >= 11 is 0. The van der Waals surface area contributed by atoms with E-state index in [1.54, 1.807) is 30.3 Å². The van der Waals surface area contributed by atoms with E-state index < -0.39 is 28.5 Å². The Kier molecular flexibility index (Phi) is 10.4. The van der Waals surface area contributed by atoms with Gasteiger partial charge in [-0.1, -0.05) is 78.9 Å². The zero-order valence-corrected chi connectivity index (χ0v) is 25.2. The summed E-state index contributed by atoms with van der Waals surface area (Å²) in [6, 6.07) is 30.4. The van der Waals surface area contributed by atoms with Gasteiger partial charge in [-0.25, -0.2) is 8.42 Å². The average molecular weight is 602 g/mol. The quantitative estimate of drug-likeness (QED) is 0.245. The van der Waals surface area contributed by atoms with Crippen LogP contribution < -0.4 is 19.1 Å². The topological polar surface area (TPSA) is 105 Å². The third-order valence-electron chi connectivity index (χ3n) is 6.98. The van der Waals surface area contributed by atoms with E-state index in [2.05, 4.69) is 5.32 Å². The van der Waals surface area contributed by atoms with Crippen molar-refractivity contribution < 1.29 is 27.5 Å². The summed E-state index contributed by atoms with van der Waals surface area (Å²) < 4.78 is 40.0. The molecule has 0 bridgehead atoms. The highest BCUT2D eigenvalue weighted by Crippen LogP contribution is 2.32. The molecule has 4 rings (SSSR count). The minimum atomic E-state index is -4.27. The molecule has 0 aliphatic carbocycles. The van der Waals surface area contributed by atoms with Crippen molar-refractivity contribution in [2.24, 2.45) is 0 Å². The molecule has 43 heavy (non-hydrogen) atoms. The van der Waals surface area contributed by atoms with Gasteiger partial charge in [-0.3, -0.25) is 13.9 Å². The van der Waals surface area contributed by atoms with E-state index in [-0.39, 0.29) is 29.5 Å². The molecule has 0 radical (unpaired) electrons. The average Bonchev–Trinajstić information content (AvgIpc) is 3.05. The van der Waals surface area contributed by atoms with Gasteiger partial charge in [-0.05, 0) is 35.4 Å². The van der Waals surface area contributed by atoms with Crippen LogP contribution in [-0.2, 0) is 32.6 Å². The molecule has 224 valence electrons. The number of ether oxygens (including phenoxy) is 2. The minimum Gasteiger partial charge on any atom is -0.493 e. The van der Waals surface area contributed by atoms with Crippen LogP contribution in [0, 0.1) is 0 Å². The van der Waals surface area contributed by atoms with E-state index in [9.17, 15) is 18.0 Å². The second kappa shape index (κ2) is 14.4. The van der Waals surface area contributed by atoms with Crippen molar-refractivity contribution >= 4 is 27.5 Å². The summed E-state index contributed by atoms with van der Waals surface area (Å²) in [6.45, 7) is -0.445. The number of anilines is 1. The summed E-state index contributed by atoms with van der Waals surface area (Å²) in [7, 11) is 0.119. The van der Waals surface area contributed by atoms with Crippen LogP contribution in [0.4, 0.5) is 5.69 Å². The van der Waals surface area contributed by atoms with Crippen LogP contribution in [0.2, 0.25) is 0 Å². The van der Waals surface area contributed by atoms with Gasteiger partial charge in [0, 0.05) is 26.1 Å². The number of sulfonamides is 1. The maximum Gasteiger partial charge on any atom is 0.264 e. The minimum absolute atomic E-state index is 0.0800. The summed E-state index contributed by atoms with van der Waals surface area (Å²) in [5, 5.41) is 2.68. The predicted molar refractivity (Wildman–Crippen MR) is 166 cm³/mol. The number of hydrogen-bond acceptors (Lipinski definition) is 6. The summed E-state index contributed by atoms with van der Waals surface area (Å²) in [5.41, 5.74) is 1.96. The van der Waals surface area contributed by atoms with E-state index in [4.69, 9.17) is 9.47 Å². The molecule has 0 aliphatic rings. The SMILES string of the molecule is CNC(=O)[C@@H](Cc1ccccc1)N(Cc1ccccc1)C(=O)CN(c1ccccc1)S(=O)(=O)c1ccc(OC)c(OC)c1. The second-order valence-electron chi connectivity index (χ2n) is 9.69. The molecule has 4 aromatic rings. The number of carbonyl (C=O) groups is 2. The lowest BCUT2D eigenvalue weighted by atomic mass is 10.0. The fourth-order valence-corrected chi connectivity index (χ4v) is 6.16. The normalized spacial score (nSPS) is 11.7. The van der Waals surface area contributed by atoms with Gasteiger partial charge >= 0.3 is 0 Å². The zero-order valence-electron chi connectivity index (χ0n) is 24.3. The molecule has 0 aromatic heterocycles. The Labute approximate surface area is 252 Å². The number of nitrogens with one attached hydrogen (secondary N) is 1. The number of nitrogens with zero attached hydrogens (tertiary/aromatic N) is 2. The molecular weight excluding hydrogens is 566 g/mol. The van der Waals surface area contributed by atoms with Gasteiger partial charge in [0.1, 0.15) is 12.6 Å². The molecule has 1 N–H and O–H groups in total. The Morgan fingerprint density at radius 3 is 1.88 bits per heavy atom. The van der Waals surface area contributed by atoms with Crippen LogP contribution in [0.3, 0.4) is 0 Å². The standard InChI is InChI=1S/C33H35N3O6S/c1-34-33(38)29(21-25-13-7-4-8-14-25)35(23-26-15-9-5-10-16-26)32(37)24-36(27-17-11-6-12-18-27)43(39,40)28-19-20-30(41-2)31(22-28)42-3/h4-20,22,29H,21,23-24H2,1-3H3,(H,34,38)/t29-/m1/s1. The molecule has 0 spiro atoms. The molecule has 0 saturated heterocycles. The smallest absolute Gasteiger partial charge is 0.264 e. The predicted octanol–water partition coefficient (Wildman–Crippen LogP) is 4.29. The molecule has 9 nitrogen and oxygen atoms in total. The lowest BCUT2D eigenvalue weighted by Crippen LogP contribution is -2.53. The fraction of sp³-hybridized carbons (Fsp3) is 0.212. The fourth-order valence-electron chi connectivity index (χ4n) is 4.73. The van der Waals surface area contributed by atoms with Crippen LogP contribution in [0.5, 0.6) is 11.5 Å². The van der Waals surface area contributed by atoms with Crippen LogP contribution in [-0.4, -0.2) is 59.0 Å². The first-order valence-electron chi connectivity index (χ1n) is 13.7. The van der Waals surface area contributed by atoms with Crippen molar-refractivity contribution in [3.05, 3.63) is 120 Å². The van der Waals surface area contributed by atoms with Crippen molar-refractivity contribution in [1.82, 2.24) is 10.2 Å². The zero-order chi connectivity index (χ0) is 30.8. The van der Waals surface area contributed by atoms with Gasteiger partial charge in [-0.15, -0.1) is 0 Å². The van der Waals surface area contributed by atoms with E-state index in [0.717, 1.165) is 15.4 Å². The number of carbonyl (C=O) groups excluding carboxylic acids is 2. The number of amides is 2. The molecule has 4 aromatic carbocycles. The molecule has 1 atom stereocenters. The number of benzene rings is 4. The van der Waals surface area contributed by atoms with Crippen molar-refractivity contribution in [2.45, 2.75) is 23.9 Å². The molecular formula is C33H35N3O6S. The molecule has 2 amide bonds. The Bertz CT molecular complexity index is 1620. The largest absolute Gasteiger partial charge is 0.493 e. The Morgan fingerprint density at radius 1 is 0.767 bits per heavy atom. The van der Waals surface area contributed by atoms with Crippen LogP contribution in [0.25, 0.3) is 0 Å². The first-order valence-corrected chi connectivity index (χ1v) is 15.1. The molecule has 0 unspecified atom stereocenters. The molecule has 0 aliphatic heterocycles. The molecule has 0 heterocycles. The van der Waals surface area contributed by atoms with Crippen LogP contribution >= 0.6 is 0 Å². The van der Waals surface area contributed by atoms with E-state index >= 15 is 0 Å². The first-order chi connectivity index (χ1) is 20.8. The van der Waals surface area contributed by atoms with Crippen molar-refractivity contribution in [2.75, 3.05) is 32.1 Å². The van der Waals surface area contributed by atoms with Gasteiger partial charge < -0.3 is 19.7 Å². The highest BCUT2D eigenvalue weighted by Gasteiger charge is 2.34. The first kappa shape index (κ1) is 31.1. The molecule has 10 heteroatoms. The van der Waals surface area contributed by atoms with Crippen molar-refractivity contribution in [3.8, 4) is 11.5 Å². The van der Waals surface area contributed by atoms with E-state index in [0.29, 0.717) is 11.4 Å². The Balaban J connectivity index is 1.78. The lowest BCUT2D eigenvalue weighted by molar-refractivity contribution is -0.139. The van der Waals surface area contributed by atoms with Gasteiger partial charge in [0.15, 0.2) is 11.5 Å². The van der Waals surface area contributed by atoms with Gasteiger partial charge in [-0.2, -0.15) is 0 Å². The summed E-state index contributed by atoms with van der Waals surface area (Å²) in [6.07, 6.45) is 0.243. The van der Waals surface area contributed by atoms with E-state index in [1.807, 2.05) is 60.7 Å².